The molecule has 4 atom stereocenters. The van der Waals surface area contributed by atoms with Crippen molar-refractivity contribution in [2.75, 3.05) is 18.1 Å². The zero-order valence-electron chi connectivity index (χ0n) is 20.0. The van der Waals surface area contributed by atoms with Crippen LogP contribution in [0.3, 0.4) is 0 Å². The summed E-state index contributed by atoms with van der Waals surface area (Å²) in [6.45, 7) is 4.08. The minimum absolute atomic E-state index is 0.0572. The SMILES string of the molecule is CC1(C)OC2[C@@H](O1)[C@@H](CO)O[C@H]2n1cnc2c(N3CC4(CCCC4)c4c(F)cccc43)nc(Cl)nc21. The largest absolute Gasteiger partial charge is 0.394 e. The van der Waals surface area contributed by atoms with E-state index in [9.17, 15) is 5.11 Å². The molecule has 1 spiro atoms. The van der Waals surface area contributed by atoms with E-state index in [0.29, 0.717) is 23.5 Å². The standard InChI is InChI=1S/C25H27ClFN5O4/c1-24(2)35-18-15(10-33)34-22(19(18)36-24)32-12-28-17-20(29-23(26)30-21(17)32)31-11-25(8-3-4-9-25)16-13(27)6-5-7-14(16)31/h5-7,12,15,18-19,22,33H,3-4,8-11H2,1-2H3/t15-,18+,19?,22-/m1/s1. The Bertz CT molecular complexity index is 1360. The van der Waals surface area contributed by atoms with Crippen LogP contribution in [-0.2, 0) is 19.6 Å². The third-order valence-electron chi connectivity index (χ3n) is 8.04. The summed E-state index contributed by atoms with van der Waals surface area (Å²) in [4.78, 5) is 15.8. The van der Waals surface area contributed by atoms with Gasteiger partial charge in [0.15, 0.2) is 29.0 Å². The van der Waals surface area contributed by atoms with E-state index >= 15 is 4.39 Å². The molecule has 1 saturated carbocycles. The van der Waals surface area contributed by atoms with Crippen LogP contribution < -0.4 is 4.90 Å². The average molecular weight is 516 g/mol. The second kappa shape index (κ2) is 7.82. The van der Waals surface area contributed by atoms with Crippen LogP contribution in [0, 0.1) is 5.82 Å². The predicted molar refractivity (Wildman–Crippen MR) is 129 cm³/mol. The van der Waals surface area contributed by atoms with Crippen molar-refractivity contribution >= 4 is 34.3 Å². The molecule has 1 N–H and O–H groups in total. The van der Waals surface area contributed by atoms with Gasteiger partial charge in [-0.2, -0.15) is 9.97 Å². The van der Waals surface area contributed by atoms with Crippen LogP contribution in [0.4, 0.5) is 15.9 Å². The zero-order chi connectivity index (χ0) is 24.8. The lowest BCUT2D eigenvalue weighted by molar-refractivity contribution is -0.199. The molecule has 3 fully saturated rings. The van der Waals surface area contributed by atoms with Crippen molar-refractivity contribution in [3.8, 4) is 0 Å². The summed E-state index contributed by atoms with van der Waals surface area (Å²) in [5, 5.41) is 9.95. The van der Waals surface area contributed by atoms with Crippen LogP contribution in [0.2, 0.25) is 5.28 Å². The molecule has 1 aliphatic carbocycles. The summed E-state index contributed by atoms with van der Waals surface area (Å²) >= 11 is 6.46. The molecule has 1 unspecified atom stereocenters. The van der Waals surface area contributed by atoms with Gasteiger partial charge in [-0.15, -0.1) is 0 Å². The molecular weight excluding hydrogens is 489 g/mol. The van der Waals surface area contributed by atoms with Crippen molar-refractivity contribution < 1.29 is 23.7 Å². The minimum atomic E-state index is -0.808. The zero-order valence-corrected chi connectivity index (χ0v) is 20.8. The van der Waals surface area contributed by atoms with Gasteiger partial charge in [0, 0.05) is 23.2 Å². The van der Waals surface area contributed by atoms with Gasteiger partial charge < -0.3 is 24.2 Å². The highest BCUT2D eigenvalue weighted by atomic mass is 35.5. The molecule has 190 valence electrons. The van der Waals surface area contributed by atoms with E-state index in [4.69, 9.17) is 25.8 Å². The first-order chi connectivity index (χ1) is 17.3. The Hall–Kier alpha value is -2.37. The van der Waals surface area contributed by atoms with E-state index in [1.807, 2.05) is 24.8 Å². The number of aliphatic hydroxyl groups excluding tert-OH is 1. The highest BCUT2D eigenvalue weighted by Gasteiger charge is 2.56. The fourth-order valence-electron chi connectivity index (χ4n) is 6.66. The fourth-order valence-corrected chi connectivity index (χ4v) is 6.82. The van der Waals surface area contributed by atoms with E-state index in [-0.39, 0.29) is 23.1 Å². The summed E-state index contributed by atoms with van der Waals surface area (Å²) in [5.74, 6) is -0.449. The van der Waals surface area contributed by atoms with Crippen molar-refractivity contribution in [2.24, 2.45) is 0 Å². The number of halogens is 2. The monoisotopic (exact) mass is 515 g/mol. The molecule has 7 rings (SSSR count). The van der Waals surface area contributed by atoms with Gasteiger partial charge in [0.25, 0.3) is 0 Å². The average Bonchev–Trinajstić information content (AvgIpc) is 3.63. The molecule has 2 aromatic heterocycles. The number of fused-ring (bicyclic) bond motifs is 4. The predicted octanol–water partition coefficient (Wildman–Crippen LogP) is 3.99. The van der Waals surface area contributed by atoms with E-state index in [2.05, 4.69) is 15.0 Å². The molecular formula is C25H27ClFN5O4. The summed E-state index contributed by atoms with van der Waals surface area (Å²) in [6, 6.07) is 5.21. The summed E-state index contributed by atoms with van der Waals surface area (Å²) < 4.78 is 35.2. The van der Waals surface area contributed by atoms with Crippen molar-refractivity contribution in [2.45, 2.75) is 75.3 Å². The summed E-state index contributed by atoms with van der Waals surface area (Å²) in [7, 11) is 0. The fraction of sp³-hybridized carbons (Fsp3) is 0.560. The number of aromatic nitrogens is 4. The lowest BCUT2D eigenvalue weighted by atomic mass is 9.80. The molecule has 0 amide bonds. The first-order valence-electron chi connectivity index (χ1n) is 12.4. The van der Waals surface area contributed by atoms with E-state index in [1.54, 1.807) is 17.0 Å². The highest BCUT2D eigenvalue weighted by Crippen LogP contribution is 2.54. The number of hydrogen-bond acceptors (Lipinski definition) is 8. The van der Waals surface area contributed by atoms with E-state index < -0.39 is 30.3 Å². The third-order valence-corrected chi connectivity index (χ3v) is 8.21. The highest BCUT2D eigenvalue weighted by molar-refractivity contribution is 6.28. The second-order valence-corrected chi connectivity index (χ2v) is 11.0. The third kappa shape index (κ3) is 3.18. The quantitative estimate of drug-likeness (QED) is 0.523. The number of ether oxygens (including phenoxy) is 3. The molecule has 0 radical (unpaired) electrons. The normalized spacial score (nSPS) is 30.0. The Morgan fingerprint density at radius 1 is 1.17 bits per heavy atom. The molecule has 9 nitrogen and oxygen atoms in total. The van der Waals surface area contributed by atoms with Gasteiger partial charge >= 0.3 is 0 Å². The van der Waals surface area contributed by atoms with E-state index in [0.717, 1.165) is 36.9 Å². The summed E-state index contributed by atoms with van der Waals surface area (Å²) in [6.07, 6.45) is 3.57. The van der Waals surface area contributed by atoms with Gasteiger partial charge in [0.05, 0.1) is 12.9 Å². The van der Waals surface area contributed by atoms with Crippen LogP contribution in [0.1, 0.15) is 51.3 Å². The molecule has 5 heterocycles. The number of imidazole rings is 1. The number of anilines is 2. The van der Waals surface area contributed by atoms with Crippen LogP contribution in [0.5, 0.6) is 0 Å². The molecule has 1 aromatic carbocycles. The Morgan fingerprint density at radius 2 is 1.94 bits per heavy atom. The molecule has 36 heavy (non-hydrogen) atoms. The number of aliphatic hydroxyl groups is 1. The molecule has 2 saturated heterocycles. The Morgan fingerprint density at radius 3 is 2.72 bits per heavy atom. The topological polar surface area (TPSA) is 94.8 Å². The number of rotatable bonds is 3. The van der Waals surface area contributed by atoms with Crippen LogP contribution in [0.15, 0.2) is 24.5 Å². The van der Waals surface area contributed by atoms with Crippen molar-refractivity contribution in [3.63, 3.8) is 0 Å². The maximum Gasteiger partial charge on any atom is 0.226 e. The van der Waals surface area contributed by atoms with Gasteiger partial charge in [0.2, 0.25) is 5.28 Å². The molecule has 3 aliphatic heterocycles. The Balaban J connectivity index is 1.34. The minimum Gasteiger partial charge on any atom is -0.394 e. The molecule has 11 heteroatoms. The lowest BCUT2D eigenvalue weighted by Gasteiger charge is -2.25. The summed E-state index contributed by atoms with van der Waals surface area (Å²) in [5.41, 5.74) is 2.33. The first kappa shape index (κ1) is 22.8. The Kier molecular flexibility index (Phi) is 4.95. The van der Waals surface area contributed by atoms with Gasteiger partial charge in [0.1, 0.15) is 24.1 Å². The van der Waals surface area contributed by atoms with Crippen molar-refractivity contribution in [1.82, 2.24) is 19.5 Å². The van der Waals surface area contributed by atoms with Crippen LogP contribution in [0.25, 0.3) is 11.2 Å². The molecule has 0 bridgehead atoms. The smallest absolute Gasteiger partial charge is 0.226 e. The van der Waals surface area contributed by atoms with Crippen LogP contribution >= 0.6 is 11.6 Å². The van der Waals surface area contributed by atoms with Gasteiger partial charge in [-0.3, -0.25) is 4.57 Å². The lowest BCUT2D eigenvalue weighted by Crippen LogP contribution is -2.31. The van der Waals surface area contributed by atoms with Gasteiger partial charge in [-0.05, 0) is 50.4 Å². The number of hydrogen-bond donors (Lipinski definition) is 1. The second-order valence-electron chi connectivity index (χ2n) is 10.7. The van der Waals surface area contributed by atoms with Crippen molar-refractivity contribution in [1.29, 1.82) is 0 Å². The maximum absolute atomic E-state index is 15.2. The van der Waals surface area contributed by atoms with Gasteiger partial charge in [-0.25, -0.2) is 9.37 Å². The van der Waals surface area contributed by atoms with E-state index in [1.165, 1.54) is 6.07 Å². The number of nitrogens with zero attached hydrogens (tertiary/aromatic N) is 5. The molecule has 4 aliphatic rings. The maximum atomic E-state index is 15.2. The Labute approximate surface area is 212 Å². The van der Waals surface area contributed by atoms with Crippen LogP contribution in [-0.4, -0.2) is 61.9 Å². The first-order valence-corrected chi connectivity index (χ1v) is 12.8. The molecule has 3 aromatic rings. The number of benzene rings is 1. The van der Waals surface area contributed by atoms with Gasteiger partial charge in [-0.1, -0.05) is 18.9 Å². The van der Waals surface area contributed by atoms with Crippen molar-refractivity contribution in [3.05, 3.63) is 41.2 Å².